The maximum atomic E-state index is 12.7. The fourth-order valence-electron chi connectivity index (χ4n) is 3.16. The van der Waals surface area contributed by atoms with Crippen LogP contribution in [-0.4, -0.2) is 25.9 Å². The van der Waals surface area contributed by atoms with Crippen LogP contribution in [0.3, 0.4) is 0 Å². The van der Waals surface area contributed by atoms with Crippen LogP contribution in [0.2, 0.25) is 0 Å². The zero-order valence-corrected chi connectivity index (χ0v) is 14.9. The van der Waals surface area contributed by atoms with Crippen LogP contribution < -0.4 is 5.69 Å². The number of aromatic nitrogens is 4. The molecular formula is C18H26N4O2. The van der Waals surface area contributed by atoms with E-state index < -0.39 is 0 Å². The minimum Gasteiger partial charge on any atom is -0.370 e. The highest BCUT2D eigenvalue weighted by Crippen LogP contribution is 2.32. The Morgan fingerprint density at radius 1 is 1.38 bits per heavy atom. The first-order chi connectivity index (χ1) is 11.5. The Morgan fingerprint density at radius 3 is 2.79 bits per heavy atom. The normalized spacial score (nSPS) is 20.9. The van der Waals surface area contributed by atoms with E-state index in [1.54, 1.807) is 4.57 Å². The average Bonchev–Trinajstić information content (AvgIpc) is 3.11. The lowest BCUT2D eigenvalue weighted by Crippen LogP contribution is -2.26. The molecule has 1 aliphatic heterocycles. The highest BCUT2D eigenvalue weighted by molar-refractivity contribution is 5.14. The lowest BCUT2D eigenvalue weighted by Gasteiger charge is -2.13. The summed E-state index contributed by atoms with van der Waals surface area (Å²) in [6, 6.07) is 5.95. The van der Waals surface area contributed by atoms with E-state index in [9.17, 15) is 4.79 Å². The first-order valence-corrected chi connectivity index (χ1v) is 8.76. The van der Waals surface area contributed by atoms with Crippen molar-refractivity contribution >= 4 is 0 Å². The lowest BCUT2D eigenvalue weighted by atomic mass is 10.0. The predicted octanol–water partition coefficient (Wildman–Crippen LogP) is 2.73. The van der Waals surface area contributed by atoms with E-state index in [0.717, 1.165) is 30.2 Å². The van der Waals surface area contributed by atoms with Gasteiger partial charge < -0.3 is 4.74 Å². The second-order valence-electron chi connectivity index (χ2n) is 6.81. The highest BCUT2D eigenvalue weighted by atomic mass is 16.5. The van der Waals surface area contributed by atoms with E-state index in [1.807, 2.05) is 25.1 Å². The maximum absolute atomic E-state index is 12.7. The molecule has 0 N–H and O–H groups in total. The summed E-state index contributed by atoms with van der Waals surface area (Å²) in [4.78, 5) is 17.3. The molecule has 2 aromatic heterocycles. The van der Waals surface area contributed by atoms with E-state index in [0.29, 0.717) is 24.9 Å². The Bertz CT molecular complexity index is 763. The van der Waals surface area contributed by atoms with E-state index >= 15 is 0 Å². The summed E-state index contributed by atoms with van der Waals surface area (Å²) in [6.07, 6.45) is 0.918. The number of pyridine rings is 1. The summed E-state index contributed by atoms with van der Waals surface area (Å²) in [5.74, 6) is 1.48. The molecule has 6 heteroatoms. The van der Waals surface area contributed by atoms with Gasteiger partial charge in [0.15, 0.2) is 5.82 Å². The van der Waals surface area contributed by atoms with Crippen LogP contribution in [0.1, 0.15) is 63.3 Å². The monoisotopic (exact) mass is 330 g/mol. The summed E-state index contributed by atoms with van der Waals surface area (Å²) >= 11 is 0. The van der Waals surface area contributed by atoms with Crippen LogP contribution in [0.15, 0.2) is 23.0 Å². The van der Waals surface area contributed by atoms with Crippen molar-refractivity contribution in [2.45, 2.75) is 59.2 Å². The molecule has 2 atom stereocenters. The summed E-state index contributed by atoms with van der Waals surface area (Å²) in [5.41, 5.74) is 1.80. The molecule has 0 radical (unpaired) electrons. The fraction of sp³-hybridized carbons (Fsp3) is 0.611. The van der Waals surface area contributed by atoms with Gasteiger partial charge in [-0.15, -0.1) is 0 Å². The molecule has 0 aromatic carbocycles. The van der Waals surface area contributed by atoms with Gasteiger partial charge in [-0.2, -0.15) is 5.10 Å². The first-order valence-electron chi connectivity index (χ1n) is 8.76. The van der Waals surface area contributed by atoms with Gasteiger partial charge in [0, 0.05) is 18.8 Å². The molecular weight excluding hydrogens is 304 g/mol. The summed E-state index contributed by atoms with van der Waals surface area (Å²) in [7, 11) is 0. The van der Waals surface area contributed by atoms with Gasteiger partial charge in [-0.25, -0.2) is 9.48 Å². The SMILES string of the molecule is CCn1c([C@H]2OCC[C@H]2C)nn(Cc2cccc(C(C)C)n2)c1=O. The van der Waals surface area contributed by atoms with Gasteiger partial charge in [-0.3, -0.25) is 9.55 Å². The van der Waals surface area contributed by atoms with E-state index in [4.69, 9.17) is 4.74 Å². The molecule has 0 bridgehead atoms. The van der Waals surface area contributed by atoms with Crippen LogP contribution in [0.5, 0.6) is 0 Å². The second-order valence-corrected chi connectivity index (χ2v) is 6.81. The smallest absolute Gasteiger partial charge is 0.346 e. The number of rotatable bonds is 5. The van der Waals surface area contributed by atoms with Crippen molar-refractivity contribution in [1.82, 2.24) is 19.3 Å². The number of hydrogen-bond donors (Lipinski definition) is 0. The van der Waals surface area contributed by atoms with Crippen molar-refractivity contribution in [1.29, 1.82) is 0 Å². The molecule has 3 heterocycles. The van der Waals surface area contributed by atoms with Crippen LogP contribution >= 0.6 is 0 Å². The van der Waals surface area contributed by atoms with Crippen molar-refractivity contribution in [3.63, 3.8) is 0 Å². The van der Waals surface area contributed by atoms with Crippen LogP contribution in [0, 0.1) is 5.92 Å². The number of nitrogens with zero attached hydrogens (tertiary/aromatic N) is 4. The molecule has 1 saturated heterocycles. The molecule has 1 aliphatic rings. The Labute approximate surface area is 142 Å². The Kier molecular flexibility index (Phi) is 4.85. The van der Waals surface area contributed by atoms with E-state index in [-0.39, 0.29) is 11.8 Å². The molecule has 0 aliphatic carbocycles. The maximum Gasteiger partial charge on any atom is 0.346 e. The zero-order valence-electron chi connectivity index (χ0n) is 14.9. The van der Waals surface area contributed by atoms with Crippen molar-refractivity contribution in [3.8, 4) is 0 Å². The largest absolute Gasteiger partial charge is 0.370 e. The summed E-state index contributed by atoms with van der Waals surface area (Å²) < 4.78 is 9.05. The van der Waals surface area contributed by atoms with Crippen molar-refractivity contribution in [3.05, 3.63) is 45.9 Å². The minimum atomic E-state index is -0.0908. The van der Waals surface area contributed by atoms with Gasteiger partial charge in [-0.05, 0) is 37.3 Å². The van der Waals surface area contributed by atoms with Gasteiger partial charge in [0.2, 0.25) is 0 Å². The Hall–Kier alpha value is -1.95. The minimum absolute atomic E-state index is 0.0890. The summed E-state index contributed by atoms with van der Waals surface area (Å²) in [5, 5.41) is 4.58. The molecule has 2 aromatic rings. The fourth-order valence-corrected chi connectivity index (χ4v) is 3.16. The Morgan fingerprint density at radius 2 is 2.17 bits per heavy atom. The highest BCUT2D eigenvalue weighted by Gasteiger charge is 2.31. The molecule has 1 fully saturated rings. The zero-order chi connectivity index (χ0) is 17.3. The van der Waals surface area contributed by atoms with Crippen molar-refractivity contribution in [2.24, 2.45) is 5.92 Å². The van der Waals surface area contributed by atoms with Crippen LogP contribution in [-0.2, 0) is 17.8 Å². The van der Waals surface area contributed by atoms with Crippen LogP contribution in [0.25, 0.3) is 0 Å². The lowest BCUT2D eigenvalue weighted by molar-refractivity contribution is 0.0836. The molecule has 0 saturated carbocycles. The molecule has 6 nitrogen and oxygen atoms in total. The number of ether oxygens (including phenoxy) is 1. The predicted molar refractivity (Wildman–Crippen MR) is 92.1 cm³/mol. The van der Waals surface area contributed by atoms with Crippen LogP contribution in [0.4, 0.5) is 0 Å². The molecule has 0 unspecified atom stereocenters. The third kappa shape index (κ3) is 3.15. The van der Waals surface area contributed by atoms with Gasteiger partial charge in [0.1, 0.15) is 6.10 Å². The molecule has 3 rings (SSSR count). The van der Waals surface area contributed by atoms with Gasteiger partial charge in [0.25, 0.3) is 0 Å². The van der Waals surface area contributed by atoms with Crippen molar-refractivity contribution in [2.75, 3.05) is 6.61 Å². The number of hydrogen-bond acceptors (Lipinski definition) is 4. The molecule has 24 heavy (non-hydrogen) atoms. The standard InChI is InChI=1S/C18H26N4O2/c1-5-21-17(16-13(4)9-10-24-16)20-22(18(21)23)11-14-7-6-8-15(19-14)12(2)3/h6-8,12-13,16H,5,9-11H2,1-4H3/t13-,16+/m1/s1. The van der Waals surface area contributed by atoms with E-state index in [1.165, 1.54) is 4.68 Å². The summed E-state index contributed by atoms with van der Waals surface area (Å²) in [6.45, 7) is 10.1. The van der Waals surface area contributed by atoms with Gasteiger partial charge in [-0.1, -0.05) is 26.8 Å². The average molecular weight is 330 g/mol. The Balaban J connectivity index is 1.93. The van der Waals surface area contributed by atoms with Gasteiger partial charge >= 0.3 is 5.69 Å². The third-order valence-corrected chi connectivity index (χ3v) is 4.64. The third-order valence-electron chi connectivity index (χ3n) is 4.64. The van der Waals surface area contributed by atoms with Crippen molar-refractivity contribution < 1.29 is 4.74 Å². The molecule has 0 amide bonds. The molecule has 0 spiro atoms. The quantitative estimate of drug-likeness (QED) is 0.846. The first kappa shape index (κ1) is 16.9. The second kappa shape index (κ2) is 6.89. The van der Waals surface area contributed by atoms with Gasteiger partial charge in [0.05, 0.1) is 12.2 Å². The topological polar surface area (TPSA) is 61.9 Å². The molecule has 130 valence electrons. The van der Waals surface area contributed by atoms with E-state index in [2.05, 4.69) is 30.9 Å².